The first-order valence-electron chi connectivity index (χ1n) is 11.2. The van der Waals surface area contributed by atoms with Crippen LogP contribution in [0, 0.1) is 0 Å². The summed E-state index contributed by atoms with van der Waals surface area (Å²) in [7, 11) is 0. The number of aliphatic imine (C=N–C) groups is 1. The van der Waals surface area contributed by atoms with E-state index in [1.807, 2.05) is 5.32 Å². The van der Waals surface area contributed by atoms with E-state index in [1.165, 1.54) is 0 Å². The van der Waals surface area contributed by atoms with E-state index in [0.29, 0.717) is 0 Å². The van der Waals surface area contributed by atoms with Crippen LogP contribution in [0.4, 0.5) is 0 Å². The zero-order chi connectivity index (χ0) is 29.4. The van der Waals surface area contributed by atoms with Gasteiger partial charge in [-0.05, 0) is 25.7 Å². The number of carbonyl (C=O) groups is 7. The summed E-state index contributed by atoms with van der Waals surface area (Å²) in [5.74, 6) is -9.18. The van der Waals surface area contributed by atoms with E-state index in [4.69, 9.17) is 32.5 Å². The van der Waals surface area contributed by atoms with Crippen molar-refractivity contribution in [3.63, 3.8) is 0 Å². The number of amides is 3. The molecule has 18 heteroatoms. The highest BCUT2D eigenvalue weighted by molar-refractivity contribution is 5.95. The fourth-order valence-electron chi connectivity index (χ4n) is 2.92. The molecule has 0 fully saturated rings. The summed E-state index contributed by atoms with van der Waals surface area (Å²) in [6, 6.07) is -6.24. The van der Waals surface area contributed by atoms with Crippen LogP contribution >= 0.6 is 0 Å². The van der Waals surface area contributed by atoms with Gasteiger partial charge in [0.05, 0.1) is 12.5 Å². The Labute approximate surface area is 216 Å². The van der Waals surface area contributed by atoms with Gasteiger partial charge in [-0.1, -0.05) is 0 Å². The average Bonchev–Trinajstić information content (AvgIpc) is 2.80. The molecule has 0 aromatic carbocycles. The fraction of sp³-hybridized carbons (Fsp3) is 0.600. The Morgan fingerprint density at radius 3 is 1.61 bits per heavy atom. The maximum atomic E-state index is 12.8. The molecule has 0 saturated carbocycles. The van der Waals surface area contributed by atoms with E-state index < -0.39 is 97.9 Å². The zero-order valence-electron chi connectivity index (χ0n) is 20.3. The van der Waals surface area contributed by atoms with Gasteiger partial charge in [-0.2, -0.15) is 0 Å². The third-order valence-electron chi connectivity index (χ3n) is 4.86. The smallest absolute Gasteiger partial charge is 0.326 e. The largest absolute Gasteiger partial charge is 0.481 e. The molecule has 18 nitrogen and oxygen atoms in total. The molecule has 0 rings (SSSR count). The number of guanidine groups is 1. The third kappa shape index (κ3) is 14.8. The lowest BCUT2D eigenvalue weighted by molar-refractivity contribution is -0.144. The maximum Gasteiger partial charge on any atom is 0.326 e. The van der Waals surface area contributed by atoms with Gasteiger partial charge >= 0.3 is 23.9 Å². The molecule has 4 unspecified atom stereocenters. The number of nitrogens with one attached hydrogen (secondary N) is 3. The summed E-state index contributed by atoms with van der Waals surface area (Å²) in [5, 5.41) is 42.3. The number of aliphatic carboxylic acids is 4. The molecule has 214 valence electrons. The van der Waals surface area contributed by atoms with Crippen molar-refractivity contribution in [2.24, 2.45) is 22.2 Å². The van der Waals surface area contributed by atoms with E-state index in [0.717, 1.165) is 0 Å². The van der Waals surface area contributed by atoms with Crippen LogP contribution in [0.25, 0.3) is 0 Å². The first-order chi connectivity index (χ1) is 17.6. The summed E-state index contributed by atoms with van der Waals surface area (Å²) in [6.07, 6.45) is -2.87. The molecule has 0 bridgehead atoms. The van der Waals surface area contributed by atoms with Gasteiger partial charge in [0.15, 0.2) is 5.96 Å². The summed E-state index contributed by atoms with van der Waals surface area (Å²) in [4.78, 5) is 85.8. The number of rotatable bonds is 19. The molecule has 0 radical (unpaired) electrons. The van der Waals surface area contributed by atoms with E-state index in [9.17, 15) is 38.7 Å². The summed E-state index contributed by atoms with van der Waals surface area (Å²) in [6.45, 7) is 0.159. The molecule has 4 atom stereocenters. The molecule has 3 amide bonds. The van der Waals surface area contributed by atoms with Crippen molar-refractivity contribution in [3.8, 4) is 0 Å². The zero-order valence-corrected chi connectivity index (χ0v) is 20.3. The topological polar surface area (TPSA) is 327 Å². The van der Waals surface area contributed by atoms with Gasteiger partial charge in [-0.25, -0.2) is 4.79 Å². The number of carboxylic acid groups (broad SMARTS) is 4. The molecule has 0 aliphatic carbocycles. The van der Waals surface area contributed by atoms with Gasteiger partial charge in [0, 0.05) is 19.4 Å². The average molecular weight is 548 g/mol. The van der Waals surface area contributed by atoms with Crippen LogP contribution in [0.1, 0.15) is 44.9 Å². The van der Waals surface area contributed by atoms with E-state index in [1.54, 1.807) is 0 Å². The molecule has 0 aliphatic rings. The lowest BCUT2D eigenvalue weighted by atomic mass is 10.1. The maximum absolute atomic E-state index is 12.8. The lowest BCUT2D eigenvalue weighted by Crippen LogP contribution is -2.57. The highest BCUT2D eigenvalue weighted by Gasteiger charge is 2.31. The van der Waals surface area contributed by atoms with Gasteiger partial charge in [0.25, 0.3) is 0 Å². The minimum absolute atomic E-state index is 0.0700. The number of carboxylic acids is 4. The monoisotopic (exact) mass is 547 g/mol. The lowest BCUT2D eigenvalue weighted by Gasteiger charge is -2.24. The van der Waals surface area contributed by atoms with Crippen LogP contribution in [-0.2, 0) is 33.6 Å². The molecule has 0 spiro atoms. The van der Waals surface area contributed by atoms with Crippen LogP contribution in [0.15, 0.2) is 4.99 Å². The molecule has 0 aliphatic heterocycles. The second-order valence-corrected chi connectivity index (χ2v) is 8.04. The van der Waals surface area contributed by atoms with Crippen molar-refractivity contribution in [2.75, 3.05) is 6.54 Å². The van der Waals surface area contributed by atoms with Gasteiger partial charge in [0.2, 0.25) is 17.7 Å². The van der Waals surface area contributed by atoms with Crippen LogP contribution < -0.4 is 33.2 Å². The van der Waals surface area contributed by atoms with Gasteiger partial charge in [-0.3, -0.25) is 33.8 Å². The first kappa shape index (κ1) is 33.5. The number of nitrogens with zero attached hydrogens (tertiary/aromatic N) is 1. The van der Waals surface area contributed by atoms with Gasteiger partial charge in [-0.15, -0.1) is 0 Å². The number of hydrogen-bond acceptors (Lipinski definition) is 9. The SMILES string of the molecule is NC(N)=NCCCC(N)C(=O)NC(CC(=O)O)C(=O)NC(CCC(=O)O)C(=O)NC(CCC(=O)O)C(=O)O. The quantitative estimate of drug-likeness (QED) is 0.0420. The Bertz CT molecular complexity index is 921. The molecule has 0 saturated heterocycles. The Morgan fingerprint density at radius 1 is 0.658 bits per heavy atom. The first-order valence-corrected chi connectivity index (χ1v) is 11.2. The second-order valence-electron chi connectivity index (χ2n) is 8.04. The predicted molar refractivity (Wildman–Crippen MR) is 127 cm³/mol. The van der Waals surface area contributed by atoms with Crippen molar-refractivity contribution in [2.45, 2.75) is 69.1 Å². The number of carbonyl (C=O) groups excluding carboxylic acids is 3. The van der Waals surface area contributed by atoms with Crippen molar-refractivity contribution in [1.82, 2.24) is 16.0 Å². The normalized spacial score (nSPS) is 13.6. The minimum Gasteiger partial charge on any atom is -0.481 e. The number of nitrogens with two attached hydrogens (primary N) is 3. The molecule has 0 aromatic heterocycles. The highest BCUT2D eigenvalue weighted by atomic mass is 16.4. The molecule has 0 aromatic rings. The number of hydrogen-bond donors (Lipinski definition) is 10. The van der Waals surface area contributed by atoms with Crippen LogP contribution in [0.5, 0.6) is 0 Å². The Hall–Kier alpha value is -4.48. The third-order valence-corrected chi connectivity index (χ3v) is 4.86. The standard InChI is InChI=1S/C20H33N7O11/c21-9(2-1-7-24-20(22)23)16(34)27-12(8-15(32)33)18(36)25-10(3-5-13(28)29)17(35)26-11(19(37)38)4-6-14(30)31/h9-12H,1-8,21H2,(H,25,36)(H,26,35)(H,27,34)(H,28,29)(H,30,31)(H,32,33)(H,37,38)(H4,22,23,24). The summed E-state index contributed by atoms with van der Waals surface area (Å²) in [5.41, 5.74) is 16.1. The van der Waals surface area contributed by atoms with Gasteiger partial charge in [0.1, 0.15) is 18.1 Å². The van der Waals surface area contributed by atoms with Gasteiger partial charge < -0.3 is 53.6 Å². The predicted octanol–water partition coefficient (Wildman–Crippen LogP) is -3.89. The van der Waals surface area contributed by atoms with Crippen LogP contribution in [0.2, 0.25) is 0 Å². The highest BCUT2D eigenvalue weighted by Crippen LogP contribution is 2.05. The van der Waals surface area contributed by atoms with Crippen molar-refractivity contribution >= 4 is 47.6 Å². The van der Waals surface area contributed by atoms with Crippen molar-refractivity contribution in [1.29, 1.82) is 0 Å². The second kappa shape index (κ2) is 17.1. The molecule has 38 heavy (non-hydrogen) atoms. The molecular formula is C20H33N7O11. The molecule has 0 heterocycles. The summed E-state index contributed by atoms with van der Waals surface area (Å²) < 4.78 is 0. The summed E-state index contributed by atoms with van der Waals surface area (Å²) >= 11 is 0. The van der Waals surface area contributed by atoms with Crippen molar-refractivity contribution < 1.29 is 54.0 Å². The van der Waals surface area contributed by atoms with E-state index in [2.05, 4.69) is 15.6 Å². The Balaban J connectivity index is 5.52. The fourth-order valence-corrected chi connectivity index (χ4v) is 2.92. The molecular weight excluding hydrogens is 514 g/mol. The van der Waals surface area contributed by atoms with E-state index in [-0.39, 0.29) is 25.3 Å². The van der Waals surface area contributed by atoms with Crippen molar-refractivity contribution in [3.05, 3.63) is 0 Å². The Morgan fingerprint density at radius 2 is 1.13 bits per heavy atom. The Kier molecular flexibility index (Phi) is 15.0. The van der Waals surface area contributed by atoms with Crippen LogP contribution in [-0.4, -0.2) is 98.7 Å². The van der Waals surface area contributed by atoms with E-state index >= 15 is 0 Å². The molecule has 13 N–H and O–H groups in total. The van der Waals surface area contributed by atoms with Crippen LogP contribution in [0.3, 0.4) is 0 Å². The minimum atomic E-state index is -1.73.